The third kappa shape index (κ3) is 3.84. The predicted octanol–water partition coefficient (Wildman–Crippen LogP) is 1.74. The van der Waals surface area contributed by atoms with Crippen LogP contribution in [0.15, 0.2) is 4.60 Å². The molecule has 0 aliphatic rings. The van der Waals surface area contributed by atoms with Gasteiger partial charge in [-0.05, 0) is 22.9 Å². The fourth-order valence-corrected chi connectivity index (χ4v) is 1.52. The third-order valence-electron chi connectivity index (χ3n) is 1.62. The molecule has 0 saturated heterocycles. The molecule has 1 rings (SSSR count). The van der Waals surface area contributed by atoms with Crippen LogP contribution >= 0.6 is 27.5 Å². The van der Waals surface area contributed by atoms with Gasteiger partial charge in [-0.3, -0.25) is 4.79 Å². The van der Waals surface area contributed by atoms with Gasteiger partial charge < -0.3 is 10.1 Å². The van der Waals surface area contributed by atoms with Crippen molar-refractivity contribution < 1.29 is 9.53 Å². The van der Waals surface area contributed by atoms with Crippen LogP contribution in [0.4, 0.5) is 5.82 Å². The summed E-state index contributed by atoms with van der Waals surface area (Å²) in [4.78, 5) is 18.9. The fourth-order valence-electron chi connectivity index (χ4n) is 0.946. The number of carbonyl (C=O) groups excluding carboxylic acids is 1. The zero-order chi connectivity index (χ0) is 12.8. The lowest BCUT2D eigenvalue weighted by atomic mass is 10.5. The lowest BCUT2D eigenvalue weighted by Gasteiger charge is -2.07. The van der Waals surface area contributed by atoms with E-state index >= 15 is 0 Å². The summed E-state index contributed by atoms with van der Waals surface area (Å²) >= 11 is 8.82. The molecule has 0 fully saturated rings. The minimum Gasteiger partial charge on any atom is -0.465 e. The normalized spacial score (nSPS) is 9.53. The average molecular weight is 320 g/mol. The van der Waals surface area contributed by atoms with E-state index in [0.29, 0.717) is 11.2 Å². The van der Waals surface area contributed by atoms with Crippen LogP contribution in [-0.2, 0) is 9.53 Å². The maximum absolute atomic E-state index is 11.1. The third-order valence-corrected chi connectivity index (χ3v) is 2.44. The van der Waals surface area contributed by atoms with Crippen molar-refractivity contribution in [3.05, 3.63) is 15.5 Å². The second-order valence-electron chi connectivity index (χ2n) is 2.77. The Morgan fingerprint density at radius 1 is 1.65 bits per heavy atom. The molecule has 0 spiro atoms. The molecule has 0 aliphatic heterocycles. The van der Waals surface area contributed by atoms with Crippen molar-refractivity contribution in [3.8, 4) is 6.07 Å². The second kappa shape index (κ2) is 6.37. The number of nitriles is 1. The number of halogens is 2. The number of nitrogens with one attached hydrogen (secondary N) is 1. The van der Waals surface area contributed by atoms with Crippen LogP contribution in [-0.4, -0.2) is 29.1 Å². The van der Waals surface area contributed by atoms with E-state index in [-0.39, 0.29) is 23.2 Å². The minimum atomic E-state index is -0.415. The summed E-state index contributed by atoms with van der Waals surface area (Å²) in [7, 11) is 0. The summed E-state index contributed by atoms with van der Waals surface area (Å²) in [6.45, 7) is 1.97. The van der Waals surface area contributed by atoms with E-state index in [1.165, 1.54) is 0 Å². The first-order valence-corrected chi connectivity index (χ1v) is 5.78. The number of anilines is 1. The number of carbonyl (C=O) groups is 1. The van der Waals surface area contributed by atoms with E-state index in [4.69, 9.17) is 21.6 Å². The van der Waals surface area contributed by atoms with Gasteiger partial charge in [0, 0.05) is 0 Å². The number of ether oxygens (including phenoxy) is 1. The van der Waals surface area contributed by atoms with Crippen molar-refractivity contribution >= 4 is 39.3 Å². The van der Waals surface area contributed by atoms with Crippen molar-refractivity contribution in [2.45, 2.75) is 6.92 Å². The van der Waals surface area contributed by atoms with Crippen LogP contribution in [0, 0.1) is 11.3 Å². The summed E-state index contributed by atoms with van der Waals surface area (Å²) in [6, 6.07) is 1.79. The molecule has 0 aliphatic carbocycles. The summed E-state index contributed by atoms with van der Waals surface area (Å²) in [5.41, 5.74) is 0.0141. The second-order valence-corrected chi connectivity index (χ2v) is 3.88. The summed E-state index contributed by atoms with van der Waals surface area (Å²) in [5.74, 6) is -0.135. The molecule has 1 heterocycles. The number of aromatic nitrogens is 2. The number of nitrogens with zero attached hydrogens (tertiary/aromatic N) is 3. The van der Waals surface area contributed by atoms with Crippen molar-refractivity contribution in [2.24, 2.45) is 0 Å². The topological polar surface area (TPSA) is 87.9 Å². The monoisotopic (exact) mass is 318 g/mol. The number of esters is 1. The molecule has 0 bridgehead atoms. The Morgan fingerprint density at radius 2 is 2.35 bits per heavy atom. The SMILES string of the molecule is CCOC(=O)CNc1nc(Cl)c(C#N)nc1Br. The standard InChI is InChI=1S/C9H8BrClN4O2/c1-2-17-6(16)4-13-9-7(10)14-5(3-12)8(11)15-9/h2,4H2,1H3,(H,13,15). The van der Waals surface area contributed by atoms with Gasteiger partial charge in [-0.2, -0.15) is 5.26 Å². The van der Waals surface area contributed by atoms with Crippen LogP contribution in [0.3, 0.4) is 0 Å². The van der Waals surface area contributed by atoms with Crippen LogP contribution in [0.25, 0.3) is 0 Å². The van der Waals surface area contributed by atoms with E-state index < -0.39 is 5.97 Å². The van der Waals surface area contributed by atoms with Gasteiger partial charge in [-0.15, -0.1) is 0 Å². The van der Waals surface area contributed by atoms with Gasteiger partial charge in [0.05, 0.1) is 6.61 Å². The largest absolute Gasteiger partial charge is 0.465 e. The molecule has 0 saturated carbocycles. The molecule has 1 aromatic heterocycles. The molecule has 0 aromatic carbocycles. The van der Waals surface area contributed by atoms with E-state index in [0.717, 1.165) is 0 Å². The average Bonchev–Trinajstić information content (AvgIpc) is 2.30. The first-order chi connectivity index (χ1) is 8.08. The lowest BCUT2D eigenvalue weighted by Crippen LogP contribution is -2.18. The summed E-state index contributed by atoms with van der Waals surface area (Å²) < 4.78 is 5.04. The fraction of sp³-hybridized carbons (Fsp3) is 0.333. The Balaban J connectivity index is 2.76. The van der Waals surface area contributed by atoms with Crippen molar-refractivity contribution in [2.75, 3.05) is 18.5 Å². The predicted molar refractivity (Wildman–Crippen MR) is 64.6 cm³/mol. The number of rotatable bonds is 4. The Hall–Kier alpha value is -1.39. The molecule has 0 amide bonds. The van der Waals surface area contributed by atoms with Gasteiger partial charge in [-0.25, -0.2) is 9.97 Å². The molecule has 0 unspecified atom stereocenters. The number of hydrogen-bond acceptors (Lipinski definition) is 6. The van der Waals surface area contributed by atoms with Crippen molar-refractivity contribution in [3.63, 3.8) is 0 Å². The number of hydrogen-bond donors (Lipinski definition) is 1. The van der Waals surface area contributed by atoms with Crippen LogP contribution in [0.2, 0.25) is 5.15 Å². The highest BCUT2D eigenvalue weighted by Crippen LogP contribution is 2.21. The molecule has 1 aromatic rings. The smallest absolute Gasteiger partial charge is 0.325 e. The lowest BCUT2D eigenvalue weighted by molar-refractivity contribution is -0.140. The van der Waals surface area contributed by atoms with Gasteiger partial charge in [-0.1, -0.05) is 11.6 Å². The van der Waals surface area contributed by atoms with E-state index in [2.05, 4.69) is 31.2 Å². The Bertz CT molecular complexity index is 475. The van der Waals surface area contributed by atoms with Gasteiger partial charge in [0.25, 0.3) is 0 Å². The molecule has 17 heavy (non-hydrogen) atoms. The molecular weight excluding hydrogens is 311 g/mol. The highest BCUT2D eigenvalue weighted by atomic mass is 79.9. The Labute approximate surface area is 111 Å². The molecule has 8 heteroatoms. The maximum Gasteiger partial charge on any atom is 0.325 e. The molecule has 6 nitrogen and oxygen atoms in total. The Morgan fingerprint density at radius 3 is 2.94 bits per heavy atom. The molecule has 0 atom stereocenters. The summed E-state index contributed by atoms with van der Waals surface area (Å²) in [6.07, 6.45) is 0. The van der Waals surface area contributed by atoms with E-state index in [9.17, 15) is 4.79 Å². The van der Waals surface area contributed by atoms with Crippen LogP contribution in [0.1, 0.15) is 12.6 Å². The van der Waals surface area contributed by atoms with Crippen LogP contribution < -0.4 is 5.32 Å². The molecular formula is C9H8BrClN4O2. The minimum absolute atomic E-state index is 0.0141. The summed E-state index contributed by atoms with van der Waals surface area (Å²) in [5, 5.41) is 11.3. The highest BCUT2D eigenvalue weighted by Gasteiger charge is 2.11. The highest BCUT2D eigenvalue weighted by molar-refractivity contribution is 9.10. The van der Waals surface area contributed by atoms with E-state index in [1.54, 1.807) is 13.0 Å². The Kier molecular flexibility index (Phi) is 5.12. The molecule has 90 valence electrons. The maximum atomic E-state index is 11.1. The van der Waals surface area contributed by atoms with Crippen LogP contribution in [0.5, 0.6) is 0 Å². The first kappa shape index (κ1) is 13.7. The van der Waals surface area contributed by atoms with Gasteiger partial charge in [0.2, 0.25) is 0 Å². The van der Waals surface area contributed by atoms with Crippen molar-refractivity contribution in [1.82, 2.24) is 9.97 Å². The zero-order valence-corrected chi connectivity index (χ0v) is 11.2. The molecule has 0 radical (unpaired) electrons. The van der Waals surface area contributed by atoms with E-state index in [1.807, 2.05) is 0 Å². The van der Waals surface area contributed by atoms with Gasteiger partial charge in [0.15, 0.2) is 16.7 Å². The van der Waals surface area contributed by atoms with Gasteiger partial charge in [0.1, 0.15) is 17.2 Å². The first-order valence-electron chi connectivity index (χ1n) is 4.61. The molecule has 1 N–H and O–H groups in total. The quantitative estimate of drug-likeness (QED) is 0.850. The van der Waals surface area contributed by atoms with Crippen molar-refractivity contribution in [1.29, 1.82) is 5.26 Å². The van der Waals surface area contributed by atoms with Gasteiger partial charge >= 0.3 is 5.97 Å². The zero-order valence-electron chi connectivity index (χ0n) is 8.83.